The summed E-state index contributed by atoms with van der Waals surface area (Å²) in [5.74, 6) is -0.779. The molecule has 2 aliphatic rings. The van der Waals surface area contributed by atoms with E-state index in [4.69, 9.17) is 9.47 Å². The number of ether oxygens (including phenoxy) is 2. The zero-order chi connectivity index (χ0) is 17.0. The van der Waals surface area contributed by atoms with E-state index < -0.39 is 5.79 Å². The van der Waals surface area contributed by atoms with Crippen molar-refractivity contribution in [3.63, 3.8) is 0 Å². The van der Waals surface area contributed by atoms with E-state index in [2.05, 4.69) is 11.9 Å². The highest BCUT2D eigenvalue weighted by molar-refractivity contribution is 5.99. The van der Waals surface area contributed by atoms with Crippen LogP contribution in [0.5, 0.6) is 0 Å². The first-order chi connectivity index (χ1) is 11.6. The molecule has 128 valence electrons. The van der Waals surface area contributed by atoms with E-state index in [1.807, 2.05) is 4.90 Å². The number of likely N-dealkylation sites (tertiary alicyclic amines) is 1. The van der Waals surface area contributed by atoms with Gasteiger partial charge in [0.05, 0.1) is 13.2 Å². The van der Waals surface area contributed by atoms with Crippen LogP contribution in [0, 0.1) is 0 Å². The van der Waals surface area contributed by atoms with Crippen molar-refractivity contribution in [1.82, 2.24) is 4.90 Å². The lowest BCUT2D eigenvalue weighted by Crippen LogP contribution is -2.51. The van der Waals surface area contributed by atoms with Crippen molar-refractivity contribution in [1.29, 1.82) is 0 Å². The van der Waals surface area contributed by atoms with Crippen molar-refractivity contribution >= 4 is 17.5 Å². The van der Waals surface area contributed by atoms with Crippen LogP contribution in [0.4, 0.5) is 5.69 Å². The van der Waals surface area contributed by atoms with E-state index in [0.717, 1.165) is 19.6 Å². The number of carbonyl (C=O) groups is 2. The molecule has 2 saturated heterocycles. The highest BCUT2D eigenvalue weighted by Gasteiger charge is 2.39. The Balaban J connectivity index is 1.58. The predicted molar refractivity (Wildman–Crippen MR) is 89.7 cm³/mol. The van der Waals surface area contributed by atoms with Crippen molar-refractivity contribution in [3.05, 3.63) is 42.5 Å². The molecular weight excluding hydrogens is 308 g/mol. The minimum absolute atomic E-state index is 0.0118. The summed E-state index contributed by atoms with van der Waals surface area (Å²) in [5.41, 5.74) is 1.24. The average Bonchev–Trinajstić information content (AvgIpc) is 2.63. The van der Waals surface area contributed by atoms with Crippen LogP contribution < -0.4 is 5.32 Å². The van der Waals surface area contributed by atoms with E-state index in [9.17, 15) is 9.59 Å². The van der Waals surface area contributed by atoms with Gasteiger partial charge >= 0.3 is 0 Å². The van der Waals surface area contributed by atoms with Crippen molar-refractivity contribution in [3.8, 4) is 0 Å². The highest BCUT2D eigenvalue weighted by atomic mass is 16.7. The van der Waals surface area contributed by atoms with E-state index in [-0.39, 0.29) is 11.8 Å². The molecule has 2 heterocycles. The van der Waals surface area contributed by atoms with Gasteiger partial charge in [0.25, 0.3) is 5.91 Å². The molecule has 0 unspecified atom stereocenters. The first kappa shape index (κ1) is 16.7. The lowest BCUT2D eigenvalue weighted by Gasteiger charge is -2.43. The zero-order valence-electron chi connectivity index (χ0n) is 13.6. The van der Waals surface area contributed by atoms with Gasteiger partial charge in [-0.2, -0.15) is 0 Å². The fourth-order valence-electron chi connectivity index (χ4n) is 3.03. The van der Waals surface area contributed by atoms with Crippen LogP contribution in [0.2, 0.25) is 0 Å². The largest absolute Gasteiger partial charge is 0.350 e. The van der Waals surface area contributed by atoms with Gasteiger partial charge in [0, 0.05) is 37.2 Å². The molecule has 6 heteroatoms. The van der Waals surface area contributed by atoms with Crippen LogP contribution in [0.1, 0.15) is 29.6 Å². The Bertz CT molecular complexity index is 610. The smallest absolute Gasteiger partial charge is 0.253 e. The second-order valence-corrected chi connectivity index (χ2v) is 6.02. The summed E-state index contributed by atoms with van der Waals surface area (Å²) in [6.07, 6.45) is 3.54. The number of hydrogen-bond acceptors (Lipinski definition) is 4. The van der Waals surface area contributed by atoms with Gasteiger partial charge in [-0.25, -0.2) is 0 Å². The van der Waals surface area contributed by atoms with Crippen molar-refractivity contribution in [2.24, 2.45) is 0 Å². The number of rotatable bonds is 3. The lowest BCUT2D eigenvalue weighted by atomic mass is 10.0. The molecule has 0 atom stereocenters. The van der Waals surface area contributed by atoms with E-state index in [1.165, 1.54) is 6.08 Å². The van der Waals surface area contributed by atoms with Crippen molar-refractivity contribution < 1.29 is 19.1 Å². The van der Waals surface area contributed by atoms with E-state index in [0.29, 0.717) is 37.2 Å². The highest BCUT2D eigenvalue weighted by Crippen LogP contribution is 2.31. The molecule has 2 aliphatic heterocycles. The summed E-state index contributed by atoms with van der Waals surface area (Å²) < 4.78 is 11.6. The maximum absolute atomic E-state index is 12.6. The molecule has 1 aromatic rings. The van der Waals surface area contributed by atoms with Crippen LogP contribution in [0.15, 0.2) is 36.9 Å². The molecule has 6 nitrogen and oxygen atoms in total. The number of benzene rings is 1. The van der Waals surface area contributed by atoms with Crippen LogP contribution in [-0.4, -0.2) is 48.8 Å². The molecule has 2 fully saturated rings. The molecule has 1 N–H and O–H groups in total. The Morgan fingerprint density at radius 3 is 2.33 bits per heavy atom. The second kappa shape index (κ2) is 7.15. The zero-order valence-corrected chi connectivity index (χ0v) is 13.6. The van der Waals surface area contributed by atoms with Gasteiger partial charge in [-0.3, -0.25) is 9.59 Å². The Morgan fingerprint density at radius 1 is 1.12 bits per heavy atom. The molecule has 2 amide bonds. The van der Waals surface area contributed by atoms with Gasteiger partial charge < -0.3 is 19.7 Å². The molecule has 0 aromatic heterocycles. The van der Waals surface area contributed by atoms with Crippen LogP contribution in [-0.2, 0) is 14.3 Å². The Morgan fingerprint density at radius 2 is 1.75 bits per heavy atom. The standard InChI is InChI=1S/C18H22N2O4/c1-2-16(21)19-15-6-4-14(5-7-15)17(22)20-10-8-18(9-11-20)23-12-3-13-24-18/h2,4-7H,1,3,8-13H2,(H,19,21). The summed E-state index contributed by atoms with van der Waals surface area (Å²) in [7, 11) is 0. The average molecular weight is 330 g/mol. The van der Waals surface area contributed by atoms with Crippen LogP contribution >= 0.6 is 0 Å². The molecule has 24 heavy (non-hydrogen) atoms. The Hall–Kier alpha value is -2.18. The number of nitrogens with one attached hydrogen (secondary N) is 1. The van der Waals surface area contributed by atoms with Crippen LogP contribution in [0.25, 0.3) is 0 Å². The van der Waals surface area contributed by atoms with Crippen molar-refractivity contribution in [2.45, 2.75) is 25.0 Å². The van der Waals surface area contributed by atoms with Gasteiger partial charge in [-0.05, 0) is 36.8 Å². The third kappa shape index (κ3) is 3.66. The molecule has 0 bridgehead atoms. The first-order valence-corrected chi connectivity index (χ1v) is 8.23. The van der Waals surface area contributed by atoms with Gasteiger partial charge in [-0.15, -0.1) is 0 Å². The molecule has 3 rings (SSSR count). The van der Waals surface area contributed by atoms with Gasteiger partial charge in [0.2, 0.25) is 5.91 Å². The second-order valence-electron chi connectivity index (χ2n) is 6.02. The summed E-state index contributed by atoms with van der Waals surface area (Å²) in [4.78, 5) is 25.7. The number of hydrogen-bond donors (Lipinski definition) is 1. The normalized spacial score (nSPS) is 19.8. The quantitative estimate of drug-likeness (QED) is 0.863. The summed E-state index contributed by atoms with van der Waals surface area (Å²) in [5, 5.41) is 2.66. The number of piperidine rings is 1. The molecule has 1 spiro atoms. The van der Waals surface area contributed by atoms with E-state index in [1.54, 1.807) is 24.3 Å². The van der Waals surface area contributed by atoms with Gasteiger partial charge in [-0.1, -0.05) is 6.58 Å². The third-order valence-electron chi connectivity index (χ3n) is 4.42. The number of carbonyl (C=O) groups excluding carboxylic acids is 2. The lowest BCUT2D eigenvalue weighted by molar-refractivity contribution is -0.281. The molecule has 1 aromatic carbocycles. The molecule has 0 radical (unpaired) electrons. The topological polar surface area (TPSA) is 67.9 Å². The summed E-state index contributed by atoms with van der Waals surface area (Å²) >= 11 is 0. The summed E-state index contributed by atoms with van der Waals surface area (Å²) in [6, 6.07) is 6.87. The maximum atomic E-state index is 12.6. The molecule has 0 saturated carbocycles. The minimum Gasteiger partial charge on any atom is -0.350 e. The fourth-order valence-corrected chi connectivity index (χ4v) is 3.03. The minimum atomic E-state index is -0.492. The maximum Gasteiger partial charge on any atom is 0.253 e. The van der Waals surface area contributed by atoms with Crippen LogP contribution in [0.3, 0.4) is 0 Å². The van der Waals surface area contributed by atoms with E-state index >= 15 is 0 Å². The number of anilines is 1. The Labute approximate surface area is 141 Å². The van der Waals surface area contributed by atoms with Gasteiger partial charge in [0.15, 0.2) is 5.79 Å². The monoisotopic (exact) mass is 330 g/mol. The van der Waals surface area contributed by atoms with Crippen molar-refractivity contribution in [2.75, 3.05) is 31.6 Å². The first-order valence-electron chi connectivity index (χ1n) is 8.23. The van der Waals surface area contributed by atoms with Gasteiger partial charge in [0.1, 0.15) is 0 Å². The SMILES string of the molecule is C=CC(=O)Nc1ccc(C(=O)N2CCC3(CC2)OCCCO3)cc1. The summed E-state index contributed by atoms with van der Waals surface area (Å²) in [6.45, 7) is 6.10. The number of amides is 2. The predicted octanol–water partition coefficient (Wildman–Crippen LogP) is 2.18. The fraction of sp³-hybridized carbons (Fsp3) is 0.444. The molecule has 0 aliphatic carbocycles. The Kier molecular flexibility index (Phi) is 4.97. The number of nitrogens with zero attached hydrogens (tertiary/aromatic N) is 1. The molecular formula is C18H22N2O4. The third-order valence-corrected chi connectivity index (χ3v) is 4.42.